The zero-order valence-corrected chi connectivity index (χ0v) is 15.2. The average Bonchev–Trinajstić information content (AvgIpc) is 2.37. The number of nitro groups is 1. The van der Waals surface area contributed by atoms with E-state index in [1.165, 1.54) is 12.1 Å². The van der Waals surface area contributed by atoms with Crippen molar-refractivity contribution in [1.82, 2.24) is 4.90 Å². The normalized spacial score (nSPS) is 10.8. The third-order valence-electron chi connectivity index (χ3n) is 2.74. The number of nitro benzene ring substituents is 1. The van der Waals surface area contributed by atoms with Crippen LogP contribution in [0.4, 0.5) is 5.69 Å². The van der Waals surface area contributed by atoms with E-state index in [1.54, 1.807) is 0 Å². The fourth-order valence-corrected chi connectivity index (χ4v) is 3.65. The van der Waals surface area contributed by atoms with Gasteiger partial charge in [-0.05, 0) is 58.3 Å². The van der Waals surface area contributed by atoms with Gasteiger partial charge in [0, 0.05) is 18.7 Å². The van der Waals surface area contributed by atoms with Crippen LogP contribution in [-0.2, 0) is 0 Å². The highest BCUT2D eigenvalue weighted by Crippen LogP contribution is 2.31. The van der Waals surface area contributed by atoms with Crippen molar-refractivity contribution in [2.75, 3.05) is 26.2 Å². The number of nitrogens with zero attached hydrogens (tertiary/aromatic N) is 2. The Morgan fingerprint density at radius 1 is 1.26 bits per heavy atom. The molecule has 1 rings (SSSR count). The Morgan fingerprint density at radius 3 is 2.21 bits per heavy atom. The van der Waals surface area contributed by atoms with E-state index in [9.17, 15) is 10.1 Å². The maximum Gasteiger partial charge on any atom is 0.271 e. The molecule has 0 aliphatic carbocycles. The number of ether oxygens (including phenoxy) is 1. The molecule has 0 heterocycles. The standard InChI is InChI=1S/C12H16I2N2O3/c1-3-15(4-2)5-6-19-12-10(13)7-9(16(17)18)8-11(12)14/h7-8H,3-6H2,1-2H3. The average molecular weight is 490 g/mol. The zero-order valence-electron chi connectivity index (χ0n) is 10.9. The van der Waals surface area contributed by atoms with Crippen molar-refractivity contribution in [3.8, 4) is 5.75 Å². The minimum atomic E-state index is -0.385. The van der Waals surface area contributed by atoms with Crippen molar-refractivity contribution in [2.45, 2.75) is 13.8 Å². The Labute approximate surface area is 140 Å². The third kappa shape index (κ3) is 5.03. The lowest BCUT2D eigenvalue weighted by Gasteiger charge is -2.18. The molecule has 0 saturated heterocycles. The highest BCUT2D eigenvalue weighted by molar-refractivity contribution is 14.1. The summed E-state index contributed by atoms with van der Waals surface area (Å²) in [5.41, 5.74) is 0.102. The molecule has 0 unspecified atom stereocenters. The summed E-state index contributed by atoms with van der Waals surface area (Å²) in [6.45, 7) is 7.66. The van der Waals surface area contributed by atoms with Gasteiger partial charge >= 0.3 is 0 Å². The molecule has 0 saturated carbocycles. The molecule has 0 radical (unpaired) electrons. The highest BCUT2D eigenvalue weighted by Gasteiger charge is 2.15. The monoisotopic (exact) mass is 490 g/mol. The van der Waals surface area contributed by atoms with E-state index >= 15 is 0 Å². The van der Waals surface area contributed by atoms with Gasteiger partial charge in [0.2, 0.25) is 0 Å². The van der Waals surface area contributed by atoms with Crippen molar-refractivity contribution in [2.24, 2.45) is 0 Å². The SMILES string of the molecule is CCN(CC)CCOc1c(I)cc([N+](=O)[O-])cc1I. The summed E-state index contributed by atoms with van der Waals surface area (Å²) >= 11 is 4.15. The van der Waals surface area contributed by atoms with Crippen molar-refractivity contribution < 1.29 is 9.66 Å². The molecule has 0 amide bonds. The first kappa shape index (κ1) is 16.9. The number of hydrogen-bond donors (Lipinski definition) is 0. The van der Waals surface area contributed by atoms with Crippen LogP contribution in [0.3, 0.4) is 0 Å². The topological polar surface area (TPSA) is 55.6 Å². The maximum absolute atomic E-state index is 10.7. The van der Waals surface area contributed by atoms with E-state index in [1.807, 2.05) is 0 Å². The van der Waals surface area contributed by atoms with E-state index in [-0.39, 0.29) is 10.6 Å². The minimum absolute atomic E-state index is 0.102. The molecule has 0 atom stereocenters. The van der Waals surface area contributed by atoms with Gasteiger partial charge in [-0.25, -0.2) is 0 Å². The Morgan fingerprint density at radius 2 is 1.79 bits per heavy atom. The van der Waals surface area contributed by atoms with E-state index in [0.717, 1.165) is 32.5 Å². The molecule has 0 fully saturated rings. The highest BCUT2D eigenvalue weighted by atomic mass is 127. The van der Waals surface area contributed by atoms with Crippen LogP contribution >= 0.6 is 45.2 Å². The molecular formula is C12H16I2N2O3. The van der Waals surface area contributed by atoms with Gasteiger partial charge in [0.05, 0.1) is 12.1 Å². The van der Waals surface area contributed by atoms with Crippen LogP contribution < -0.4 is 4.74 Å². The van der Waals surface area contributed by atoms with Gasteiger partial charge in [-0.2, -0.15) is 0 Å². The van der Waals surface area contributed by atoms with Gasteiger partial charge in [0.15, 0.2) is 0 Å². The van der Waals surface area contributed by atoms with Gasteiger partial charge < -0.3 is 9.64 Å². The molecule has 0 spiro atoms. The molecule has 7 heteroatoms. The van der Waals surface area contributed by atoms with Gasteiger partial charge in [0.25, 0.3) is 5.69 Å². The van der Waals surface area contributed by atoms with Crippen molar-refractivity contribution in [3.05, 3.63) is 29.4 Å². The second kappa shape index (κ2) is 8.20. The maximum atomic E-state index is 10.7. The third-order valence-corrected chi connectivity index (χ3v) is 4.34. The number of likely N-dealkylation sites (N-methyl/N-ethyl adjacent to an activating group) is 1. The van der Waals surface area contributed by atoms with E-state index in [0.29, 0.717) is 6.61 Å². The van der Waals surface area contributed by atoms with Gasteiger partial charge in [0.1, 0.15) is 12.4 Å². The summed E-state index contributed by atoms with van der Waals surface area (Å²) in [6, 6.07) is 3.07. The first-order valence-electron chi connectivity index (χ1n) is 5.98. The van der Waals surface area contributed by atoms with Crippen molar-refractivity contribution in [3.63, 3.8) is 0 Å². The van der Waals surface area contributed by atoms with Crippen LogP contribution in [-0.4, -0.2) is 36.1 Å². The largest absolute Gasteiger partial charge is 0.490 e. The summed E-state index contributed by atoms with van der Waals surface area (Å²) < 4.78 is 7.30. The fourth-order valence-electron chi connectivity index (χ4n) is 1.61. The molecule has 0 aliphatic rings. The molecule has 0 aliphatic heterocycles. The molecule has 0 bridgehead atoms. The second-order valence-corrected chi connectivity index (χ2v) is 6.20. The summed E-state index contributed by atoms with van der Waals surface area (Å²) in [5.74, 6) is 0.735. The van der Waals surface area contributed by atoms with Gasteiger partial charge in [-0.1, -0.05) is 13.8 Å². The second-order valence-electron chi connectivity index (χ2n) is 3.87. The predicted octanol–water partition coefficient (Wildman–Crippen LogP) is 3.52. The summed E-state index contributed by atoms with van der Waals surface area (Å²) in [6.07, 6.45) is 0. The van der Waals surface area contributed by atoms with Crippen molar-refractivity contribution >= 4 is 50.9 Å². The van der Waals surface area contributed by atoms with Crippen molar-refractivity contribution in [1.29, 1.82) is 0 Å². The fraction of sp³-hybridized carbons (Fsp3) is 0.500. The molecule has 19 heavy (non-hydrogen) atoms. The van der Waals surface area contributed by atoms with E-state index in [2.05, 4.69) is 63.9 Å². The Kier molecular flexibility index (Phi) is 7.29. The molecule has 1 aromatic carbocycles. The van der Waals surface area contributed by atoms with Crippen LogP contribution in [0, 0.1) is 17.3 Å². The lowest BCUT2D eigenvalue weighted by molar-refractivity contribution is -0.385. The number of halogens is 2. The summed E-state index contributed by atoms with van der Waals surface area (Å²) in [5, 5.41) is 10.7. The molecule has 5 nitrogen and oxygen atoms in total. The summed E-state index contributed by atoms with van der Waals surface area (Å²) in [4.78, 5) is 12.6. The first-order valence-corrected chi connectivity index (χ1v) is 8.13. The minimum Gasteiger partial charge on any atom is -0.490 e. The molecule has 1 aromatic rings. The number of rotatable bonds is 7. The predicted molar refractivity (Wildman–Crippen MR) is 91.8 cm³/mol. The Bertz CT molecular complexity index is 428. The number of non-ortho nitro benzene ring substituents is 1. The van der Waals surface area contributed by atoms with Crippen LogP contribution in [0.5, 0.6) is 5.75 Å². The quantitative estimate of drug-likeness (QED) is 0.334. The zero-order chi connectivity index (χ0) is 14.4. The van der Waals surface area contributed by atoms with Crippen LogP contribution in [0.15, 0.2) is 12.1 Å². The van der Waals surface area contributed by atoms with Crippen LogP contribution in [0.1, 0.15) is 13.8 Å². The molecule has 0 N–H and O–H groups in total. The van der Waals surface area contributed by atoms with Gasteiger partial charge in [-0.3, -0.25) is 10.1 Å². The lowest BCUT2D eigenvalue weighted by Crippen LogP contribution is -2.28. The number of hydrogen-bond acceptors (Lipinski definition) is 4. The Hall–Kier alpha value is -0.160. The molecule has 106 valence electrons. The van der Waals surface area contributed by atoms with Gasteiger partial charge in [-0.15, -0.1) is 0 Å². The lowest BCUT2D eigenvalue weighted by atomic mass is 10.3. The van der Waals surface area contributed by atoms with Crippen LogP contribution in [0.25, 0.3) is 0 Å². The van der Waals surface area contributed by atoms with Crippen LogP contribution in [0.2, 0.25) is 0 Å². The Balaban J connectivity index is 2.71. The molecule has 0 aromatic heterocycles. The number of benzene rings is 1. The smallest absolute Gasteiger partial charge is 0.271 e. The van der Waals surface area contributed by atoms with E-state index < -0.39 is 0 Å². The molecular weight excluding hydrogens is 474 g/mol. The first-order chi connectivity index (χ1) is 8.99. The summed E-state index contributed by atoms with van der Waals surface area (Å²) in [7, 11) is 0. The van der Waals surface area contributed by atoms with E-state index in [4.69, 9.17) is 4.74 Å².